The standard InChI is InChI=1S/C14H25N3O2/c1-11(10-15)2-5-13(18)16-6-8-17(9-7-16)14(19)12-3-4-12/h11-12H,2-10,15H2,1H3. The van der Waals surface area contributed by atoms with E-state index in [2.05, 4.69) is 6.92 Å². The molecule has 2 N–H and O–H groups in total. The second-order valence-electron chi connectivity index (χ2n) is 5.86. The Hall–Kier alpha value is -1.10. The molecule has 2 fully saturated rings. The number of hydrogen-bond donors (Lipinski definition) is 1. The third-order valence-electron chi connectivity index (χ3n) is 4.12. The van der Waals surface area contributed by atoms with E-state index in [0.717, 1.165) is 19.3 Å². The van der Waals surface area contributed by atoms with Crippen LogP contribution in [0.5, 0.6) is 0 Å². The Kier molecular flexibility index (Phi) is 4.80. The van der Waals surface area contributed by atoms with Crippen molar-refractivity contribution < 1.29 is 9.59 Å². The lowest BCUT2D eigenvalue weighted by Crippen LogP contribution is -2.51. The largest absolute Gasteiger partial charge is 0.339 e. The minimum atomic E-state index is 0.207. The van der Waals surface area contributed by atoms with E-state index in [-0.39, 0.29) is 11.8 Å². The Morgan fingerprint density at radius 2 is 1.74 bits per heavy atom. The topological polar surface area (TPSA) is 66.6 Å². The van der Waals surface area contributed by atoms with Crippen LogP contribution in [0, 0.1) is 11.8 Å². The highest BCUT2D eigenvalue weighted by atomic mass is 16.2. The van der Waals surface area contributed by atoms with E-state index < -0.39 is 0 Å². The molecule has 2 rings (SSSR count). The first-order valence-corrected chi connectivity index (χ1v) is 7.38. The van der Waals surface area contributed by atoms with E-state index in [9.17, 15) is 9.59 Å². The number of nitrogens with two attached hydrogens (primary N) is 1. The summed E-state index contributed by atoms with van der Waals surface area (Å²) in [6.45, 7) is 5.49. The van der Waals surface area contributed by atoms with Crippen LogP contribution in [-0.4, -0.2) is 54.3 Å². The molecule has 0 aromatic carbocycles. The Morgan fingerprint density at radius 1 is 1.16 bits per heavy atom. The molecule has 0 radical (unpaired) electrons. The fourth-order valence-electron chi connectivity index (χ4n) is 2.41. The van der Waals surface area contributed by atoms with Gasteiger partial charge in [0.25, 0.3) is 0 Å². The fourth-order valence-corrected chi connectivity index (χ4v) is 2.41. The van der Waals surface area contributed by atoms with Gasteiger partial charge in [-0.2, -0.15) is 0 Å². The average molecular weight is 267 g/mol. The van der Waals surface area contributed by atoms with Gasteiger partial charge < -0.3 is 15.5 Å². The third-order valence-corrected chi connectivity index (χ3v) is 4.12. The highest BCUT2D eigenvalue weighted by molar-refractivity contribution is 5.81. The van der Waals surface area contributed by atoms with Crippen molar-refractivity contribution >= 4 is 11.8 Å². The summed E-state index contributed by atoms with van der Waals surface area (Å²) in [5.41, 5.74) is 5.55. The first-order chi connectivity index (χ1) is 9.11. The molecule has 0 bridgehead atoms. The minimum Gasteiger partial charge on any atom is -0.339 e. The van der Waals surface area contributed by atoms with Crippen LogP contribution in [0.4, 0.5) is 0 Å². The normalized spacial score (nSPS) is 21.4. The molecule has 1 unspecified atom stereocenters. The summed E-state index contributed by atoms with van der Waals surface area (Å²) in [6, 6.07) is 0. The first kappa shape index (κ1) is 14.3. The summed E-state index contributed by atoms with van der Waals surface area (Å²) in [6.07, 6.45) is 3.54. The average Bonchev–Trinajstić information content (AvgIpc) is 3.28. The molecule has 0 spiro atoms. The predicted octanol–water partition coefficient (Wildman–Crippen LogP) is 0.442. The summed E-state index contributed by atoms with van der Waals surface area (Å²) in [4.78, 5) is 27.7. The number of carbonyl (C=O) groups excluding carboxylic acids is 2. The smallest absolute Gasteiger partial charge is 0.225 e. The van der Waals surface area contributed by atoms with E-state index in [4.69, 9.17) is 5.73 Å². The molecule has 1 saturated carbocycles. The van der Waals surface area contributed by atoms with Crippen LogP contribution in [0.3, 0.4) is 0 Å². The molecule has 1 heterocycles. The molecule has 1 atom stereocenters. The van der Waals surface area contributed by atoms with Gasteiger partial charge in [0.2, 0.25) is 11.8 Å². The third kappa shape index (κ3) is 3.93. The molecular weight excluding hydrogens is 242 g/mol. The molecule has 1 aliphatic heterocycles. The van der Waals surface area contributed by atoms with E-state index in [1.807, 2.05) is 9.80 Å². The van der Waals surface area contributed by atoms with E-state index in [1.54, 1.807) is 0 Å². The van der Waals surface area contributed by atoms with Crippen LogP contribution in [0.2, 0.25) is 0 Å². The van der Waals surface area contributed by atoms with Crippen LogP contribution in [0.25, 0.3) is 0 Å². The lowest BCUT2D eigenvalue weighted by atomic mass is 10.1. The maximum atomic E-state index is 12.0. The number of carbonyl (C=O) groups is 2. The molecular formula is C14H25N3O2. The van der Waals surface area contributed by atoms with Gasteiger partial charge in [0.15, 0.2) is 0 Å². The first-order valence-electron chi connectivity index (χ1n) is 7.38. The Balaban J connectivity index is 1.70. The van der Waals surface area contributed by atoms with Crippen molar-refractivity contribution in [1.82, 2.24) is 9.80 Å². The second-order valence-corrected chi connectivity index (χ2v) is 5.86. The van der Waals surface area contributed by atoms with E-state index >= 15 is 0 Å². The Morgan fingerprint density at radius 3 is 2.26 bits per heavy atom. The molecule has 0 aromatic heterocycles. The summed E-state index contributed by atoms with van der Waals surface area (Å²) in [5, 5.41) is 0. The number of rotatable bonds is 5. The van der Waals surface area contributed by atoms with Gasteiger partial charge in [-0.05, 0) is 31.7 Å². The summed E-state index contributed by atoms with van der Waals surface area (Å²) >= 11 is 0. The molecule has 2 aliphatic rings. The number of nitrogens with zero attached hydrogens (tertiary/aromatic N) is 2. The van der Waals surface area contributed by atoms with Crippen LogP contribution in [-0.2, 0) is 9.59 Å². The number of amides is 2. The zero-order valence-electron chi connectivity index (χ0n) is 11.8. The minimum absolute atomic E-state index is 0.207. The maximum absolute atomic E-state index is 12.0. The SMILES string of the molecule is CC(CN)CCC(=O)N1CCN(C(=O)C2CC2)CC1. The molecule has 5 heteroatoms. The molecule has 19 heavy (non-hydrogen) atoms. The molecule has 0 aromatic rings. The van der Waals surface area contributed by atoms with Crippen LogP contribution in [0.1, 0.15) is 32.6 Å². The van der Waals surface area contributed by atoms with Crippen molar-refractivity contribution in [3.63, 3.8) is 0 Å². The van der Waals surface area contributed by atoms with Crippen molar-refractivity contribution in [2.45, 2.75) is 32.6 Å². The molecule has 1 saturated heterocycles. The van der Waals surface area contributed by atoms with E-state index in [1.165, 1.54) is 0 Å². The van der Waals surface area contributed by atoms with Crippen LogP contribution in [0.15, 0.2) is 0 Å². The van der Waals surface area contributed by atoms with Gasteiger partial charge in [0, 0.05) is 38.5 Å². The zero-order chi connectivity index (χ0) is 13.8. The zero-order valence-corrected chi connectivity index (χ0v) is 11.8. The van der Waals surface area contributed by atoms with Crippen LogP contribution < -0.4 is 5.73 Å². The van der Waals surface area contributed by atoms with Gasteiger partial charge in [0.05, 0.1) is 0 Å². The summed E-state index contributed by atoms with van der Waals surface area (Å²) < 4.78 is 0. The number of piperazine rings is 1. The van der Waals surface area contributed by atoms with Crippen molar-refractivity contribution in [3.05, 3.63) is 0 Å². The predicted molar refractivity (Wildman–Crippen MR) is 73.3 cm³/mol. The molecule has 108 valence electrons. The molecule has 1 aliphatic carbocycles. The lowest BCUT2D eigenvalue weighted by molar-refractivity contribution is -0.140. The fraction of sp³-hybridized carbons (Fsp3) is 0.857. The van der Waals surface area contributed by atoms with Crippen LogP contribution >= 0.6 is 0 Å². The highest BCUT2D eigenvalue weighted by Crippen LogP contribution is 2.31. The van der Waals surface area contributed by atoms with Gasteiger partial charge in [-0.1, -0.05) is 6.92 Å². The van der Waals surface area contributed by atoms with Gasteiger partial charge >= 0.3 is 0 Å². The Bertz CT molecular complexity index is 334. The maximum Gasteiger partial charge on any atom is 0.225 e. The van der Waals surface area contributed by atoms with Gasteiger partial charge in [-0.15, -0.1) is 0 Å². The quantitative estimate of drug-likeness (QED) is 0.786. The lowest BCUT2D eigenvalue weighted by Gasteiger charge is -2.35. The summed E-state index contributed by atoms with van der Waals surface area (Å²) in [7, 11) is 0. The Labute approximate surface area is 115 Å². The summed E-state index contributed by atoms with van der Waals surface area (Å²) in [5.74, 6) is 1.19. The van der Waals surface area contributed by atoms with Crippen molar-refractivity contribution in [3.8, 4) is 0 Å². The van der Waals surface area contributed by atoms with Crippen molar-refractivity contribution in [1.29, 1.82) is 0 Å². The van der Waals surface area contributed by atoms with Crippen molar-refractivity contribution in [2.24, 2.45) is 17.6 Å². The molecule has 2 amide bonds. The molecule has 5 nitrogen and oxygen atoms in total. The number of hydrogen-bond acceptors (Lipinski definition) is 3. The van der Waals surface area contributed by atoms with Gasteiger partial charge in [-0.25, -0.2) is 0 Å². The highest BCUT2D eigenvalue weighted by Gasteiger charge is 2.35. The van der Waals surface area contributed by atoms with E-state index in [0.29, 0.717) is 51.0 Å². The second kappa shape index (κ2) is 6.37. The van der Waals surface area contributed by atoms with Gasteiger partial charge in [0.1, 0.15) is 0 Å². The van der Waals surface area contributed by atoms with Gasteiger partial charge in [-0.3, -0.25) is 9.59 Å². The monoisotopic (exact) mass is 267 g/mol. The van der Waals surface area contributed by atoms with Crippen molar-refractivity contribution in [2.75, 3.05) is 32.7 Å².